The molecule has 30 heavy (non-hydrogen) atoms. The van der Waals surface area contributed by atoms with Crippen LogP contribution in [0.1, 0.15) is 21.5 Å². The maximum absolute atomic E-state index is 12.3. The normalized spacial score (nSPS) is 11.2. The third-order valence-corrected chi connectivity index (χ3v) is 4.53. The summed E-state index contributed by atoms with van der Waals surface area (Å²) in [5.41, 5.74) is 6.89. The van der Waals surface area contributed by atoms with E-state index < -0.39 is 23.2 Å². The number of H-pyrrole nitrogens is 1. The molecular weight excluding hydrogens is 384 g/mol. The first kappa shape index (κ1) is 19.0. The van der Waals surface area contributed by atoms with Gasteiger partial charge in [-0.05, 0) is 48.9 Å². The van der Waals surface area contributed by atoms with Crippen LogP contribution >= 0.6 is 0 Å². The third-order valence-electron chi connectivity index (χ3n) is 4.53. The maximum Gasteiger partial charge on any atom is 0.271 e. The van der Waals surface area contributed by atoms with E-state index in [4.69, 9.17) is 0 Å². The summed E-state index contributed by atoms with van der Waals surface area (Å²) in [6.07, 6.45) is 1.24. The fourth-order valence-corrected chi connectivity index (χ4v) is 2.97. The van der Waals surface area contributed by atoms with E-state index in [-0.39, 0.29) is 0 Å². The number of benzene rings is 3. The molecule has 1 amide bonds. The standard InChI is InChI=1S/C22H18N4O4/c1-12-2-7-16-17(8-12)25-21(24-16)14-3-5-15(6-4-14)22(30)26-23-11-13-9-18(27)20(29)19(28)10-13/h2-11,27-29H,1H3,(H,24,25)(H,26,30)/b23-11+. The van der Waals surface area contributed by atoms with E-state index in [1.54, 1.807) is 24.3 Å². The minimum absolute atomic E-state index is 0.304. The van der Waals surface area contributed by atoms with E-state index >= 15 is 0 Å². The van der Waals surface area contributed by atoms with Gasteiger partial charge >= 0.3 is 0 Å². The SMILES string of the molecule is Cc1ccc2nc(-c3ccc(C(=O)N/N=C/c4cc(O)c(O)c(O)c4)cc3)[nH]c2c1. The zero-order chi connectivity index (χ0) is 21.3. The smallest absolute Gasteiger partial charge is 0.271 e. The van der Waals surface area contributed by atoms with Gasteiger partial charge in [-0.1, -0.05) is 18.2 Å². The first-order chi connectivity index (χ1) is 14.4. The number of phenolic OH excluding ortho intramolecular Hbond substituents is 3. The molecule has 0 radical (unpaired) electrons. The Kier molecular flexibility index (Phi) is 4.81. The van der Waals surface area contributed by atoms with Gasteiger partial charge in [-0.3, -0.25) is 4.79 Å². The Morgan fingerprint density at radius 3 is 2.43 bits per heavy atom. The summed E-state index contributed by atoms with van der Waals surface area (Å²) in [5, 5.41) is 32.1. The lowest BCUT2D eigenvalue weighted by Crippen LogP contribution is -2.17. The number of carbonyl (C=O) groups is 1. The zero-order valence-electron chi connectivity index (χ0n) is 15.9. The predicted molar refractivity (Wildman–Crippen MR) is 113 cm³/mol. The highest BCUT2D eigenvalue weighted by atomic mass is 16.3. The van der Waals surface area contributed by atoms with Gasteiger partial charge in [0.1, 0.15) is 5.82 Å². The van der Waals surface area contributed by atoms with Crippen LogP contribution in [0.25, 0.3) is 22.4 Å². The van der Waals surface area contributed by atoms with Crippen molar-refractivity contribution in [1.82, 2.24) is 15.4 Å². The van der Waals surface area contributed by atoms with Crippen molar-refractivity contribution in [2.45, 2.75) is 6.92 Å². The molecule has 0 saturated heterocycles. The fourth-order valence-electron chi connectivity index (χ4n) is 2.97. The van der Waals surface area contributed by atoms with Gasteiger partial charge in [-0.15, -0.1) is 0 Å². The summed E-state index contributed by atoms with van der Waals surface area (Å²) in [7, 11) is 0. The summed E-state index contributed by atoms with van der Waals surface area (Å²) in [6, 6.07) is 15.3. The number of phenols is 3. The molecule has 1 aromatic heterocycles. The second-order valence-corrected chi connectivity index (χ2v) is 6.79. The van der Waals surface area contributed by atoms with Crippen molar-refractivity contribution in [2.75, 3.05) is 0 Å². The topological polar surface area (TPSA) is 131 Å². The molecule has 0 aliphatic heterocycles. The maximum atomic E-state index is 12.3. The minimum Gasteiger partial charge on any atom is -0.504 e. The fraction of sp³-hybridized carbons (Fsp3) is 0.0455. The number of amides is 1. The molecule has 0 aliphatic rings. The van der Waals surface area contributed by atoms with Crippen LogP contribution in [0.15, 0.2) is 59.7 Å². The Bertz CT molecular complexity index is 1250. The first-order valence-corrected chi connectivity index (χ1v) is 9.06. The lowest BCUT2D eigenvalue weighted by Gasteiger charge is -2.03. The van der Waals surface area contributed by atoms with Gasteiger partial charge < -0.3 is 20.3 Å². The van der Waals surface area contributed by atoms with Gasteiger partial charge in [0, 0.05) is 16.7 Å². The number of aromatic hydroxyl groups is 3. The number of hydrogen-bond donors (Lipinski definition) is 5. The number of fused-ring (bicyclic) bond motifs is 1. The van der Waals surface area contributed by atoms with Gasteiger partial charge in [0.15, 0.2) is 17.2 Å². The van der Waals surface area contributed by atoms with Crippen LogP contribution in [-0.4, -0.2) is 37.4 Å². The van der Waals surface area contributed by atoms with E-state index in [9.17, 15) is 20.1 Å². The van der Waals surface area contributed by atoms with Gasteiger partial charge in [0.05, 0.1) is 17.2 Å². The average molecular weight is 402 g/mol. The van der Waals surface area contributed by atoms with Crippen molar-refractivity contribution in [3.05, 3.63) is 71.3 Å². The van der Waals surface area contributed by atoms with Crippen LogP contribution in [0.3, 0.4) is 0 Å². The highest BCUT2D eigenvalue weighted by Gasteiger charge is 2.09. The van der Waals surface area contributed by atoms with Crippen molar-refractivity contribution >= 4 is 23.2 Å². The molecular formula is C22H18N4O4. The molecule has 0 fully saturated rings. The van der Waals surface area contributed by atoms with Crippen LogP contribution in [-0.2, 0) is 0 Å². The lowest BCUT2D eigenvalue weighted by molar-refractivity contribution is 0.0955. The number of aromatic amines is 1. The number of imidazole rings is 1. The monoisotopic (exact) mass is 402 g/mol. The van der Waals surface area contributed by atoms with Crippen molar-refractivity contribution in [2.24, 2.45) is 5.10 Å². The number of nitrogens with zero attached hydrogens (tertiary/aromatic N) is 2. The summed E-state index contributed by atoms with van der Waals surface area (Å²) >= 11 is 0. The highest BCUT2D eigenvalue weighted by Crippen LogP contribution is 2.34. The molecule has 8 nitrogen and oxygen atoms in total. The van der Waals surface area contributed by atoms with E-state index in [1.807, 2.05) is 25.1 Å². The van der Waals surface area contributed by atoms with Gasteiger partial charge in [-0.2, -0.15) is 5.10 Å². The molecule has 5 N–H and O–H groups in total. The molecule has 150 valence electrons. The number of hydrazone groups is 1. The molecule has 0 spiro atoms. The van der Waals surface area contributed by atoms with Crippen molar-refractivity contribution in [1.29, 1.82) is 0 Å². The Labute approximate surface area is 171 Å². The molecule has 0 atom stereocenters. The number of hydrogen-bond acceptors (Lipinski definition) is 6. The number of aromatic nitrogens is 2. The summed E-state index contributed by atoms with van der Waals surface area (Å²) < 4.78 is 0. The second-order valence-electron chi connectivity index (χ2n) is 6.79. The molecule has 0 unspecified atom stereocenters. The predicted octanol–water partition coefficient (Wildman–Crippen LogP) is 3.42. The molecule has 0 saturated carbocycles. The molecule has 4 aromatic rings. The molecule has 3 aromatic carbocycles. The molecule has 8 heteroatoms. The Hall–Kier alpha value is -4.33. The number of carbonyl (C=O) groups excluding carboxylic acids is 1. The Morgan fingerprint density at radius 1 is 1.03 bits per heavy atom. The molecule has 0 bridgehead atoms. The number of nitrogens with one attached hydrogen (secondary N) is 2. The number of aryl methyl sites for hydroxylation is 1. The van der Waals surface area contributed by atoms with E-state index in [0.29, 0.717) is 17.0 Å². The molecule has 4 rings (SSSR count). The molecule has 0 aliphatic carbocycles. The minimum atomic E-state index is -0.615. The zero-order valence-corrected chi connectivity index (χ0v) is 15.9. The summed E-state index contributed by atoms with van der Waals surface area (Å²) in [5.74, 6) is -1.30. The van der Waals surface area contributed by atoms with Crippen LogP contribution in [0.2, 0.25) is 0 Å². The lowest BCUT2D eigenvalue weighted by atomic mass is 10.1. The Morgan fingerprint density at radius 2 is 1.73 bits per heavy atom. The third kappa shape index (κ3) is 3.79. The number of rotatable bonds is 4. The quantitative estimate of drug-likeness (QED) is 0.203. The van der Waals surface area contributed by atoms with Crippen LogP contribution < -0.4 is 5.43 Å². The van der Waals surface area contributed by atoms with Crippen LogP contribution in [0.5, 0.6) is 17.2 Å². The van der Waals surface area contributed by atoms with Crippen LogP contribution in [0, 0.1) is 6.92 Å². The van der Waals surface area contributed by atoms with E-state index in [2.05, 4.69) is 20.5 Å². The largest absolute Gasteiger partial charge is 0.504 e. The Balaban J connectivity index is 1.46. The molecule has 1 heterocycles. The highest BCUT2D eigenvalue weighted by molar-refractivity contribution is 5.95. The van der Waals surface area contributed by atoms with Crippen molar-refractivity contribution < 1.29 is 20.1 Å². The van der Waals surface area contributed by atoms with E-state index in [0.717, 1.165) is 22.2 Å². The summed E-state index contributed by atoms with van der Waals surface area (Å²) in [4.78, 5) is 20.1. The second kappa shape index (κ2) is 7.59. The van der Waals surface area contributed by atoms with Crippen molar-refractivity contribution in [3.63, 3.8) is 0 Å². The average Bonchev–Trinajstić information content (AvgIpc) is 3.15. The van der Waals surface area contributed by atoms with Crippen molar-refractivity contribution in [3.8, 4) is 28.6 Å². The van der Waals surface area contributed by atoms with Gasteiger partial charge in [-0.25, -0.2) is 10.4 Å². The van der Waals surface area contributed by atoms with E-state index in [1.165, 1.54) is 18.3 Å². The van der Waals surface area contributed by atoms with Crippen LogP contribution in [0.4, 0.5) is 0 Å². The first-order valence-electron chi connectivity index (χ1n) is 9.06. The van der Waals surface area contributed by atoms with Gasteiger partial charge in [0.2, 0.25) is 0 Å². The van der Waals surface area contributed by atoms with Gasteiger partial charge in [0.25, 0.3) is 5.91 Å². The summed E-state index contributed by atoms with van der Waals surface area (Å²) in [6.45, 7) is 2.02.